The van der Waals surface area contributed by atoms with E-state index in [1.807, 2.05) is 24.3 Å². The zero-order chi connectivity index (χ0) is 12.5. The summed E-state index contributed by atoms with van der Waals surface area (Å²) in [5.41, 5.74) is 1.87. The van der Waals surface area contributed by atoms with E-state index in [4.69, 9.17) is 5.11 Å². The highest BCUT2D eigenvalue weighted by atomic mass is 16.2. The summed E-state index contributed by atoms with van der Waals surface area (Å²) >= 11 is 0. The molecule has 1 rings (SSSR count). The van der Waals surface area contributed by atoms with Crippen molar-refractivity contribution in [2.24, 2.45) is 0 Å². The summed E-state index contributed by atoms with van der Waals surface area (Å²) in [7, 11) is 1.58. The zero-order valence-corrected chi connectivity index (χ0v) is 9.79. The number of hydrogen-bond acceptors (Lipinski definition) is 2. The minimum atomic E-state index is -0.207. The maximum atomic E-state index is 11.0. The van der Waals surface area contributed by atoms with Crippen molar-refractivity contribution in [3.05, 3.63) is 35.4 Å². The Hall–Kier alpha value is -1.99. The second kappa shape index (κ2) is 7.31. The van der Waals surface area contributed by atoms with Crippen LogP contribution >= 0.6 is 0 Å². The molecule has 0 radical (unpaired) electrons. The lowest BCUT2D eigenvalue weighted by molar-refractivity contribution is 0.242. The normalized spacial score (nSPS) is 9.06. The van der Waals surface area contributed by atoms with Gasteiger partial charge in [-0.3, -0.25) is 0 Å². The number of aliphatic hydroxyl groups excluding tert-OH is 1. The lowest BCUT2D eigenvalue weighted by Crippen LogP contribution is -2.32. The third-order valence-electron chi connectivity index (χ3n) is 2.08. The smallest absolute Gasteiger partial charge is 0.314 e. The Balaban J connectivity index is 2.60. The Morgan fingerprint density at radius 2 is 2.29 bits per heavy atom. The molecular formula is C13H16N2O2. The summed E-state index contributed by atoms with van der Waals surface area (Å²) in [4.78, 5) is 11.0. The number of rotatable bonds is 3. The maximum Gasteiger partial charge on any atom is 0.314 e. The summed E-state index contributed by atoms with van der Waals surface area (Å²) in [6.07, 6.45) is 0.473. The molecule has 0 heterocycles. The van der Waals surface area contributed by atoms with Crippen molar-refractivity contribution in [2.75, 3.05) is 13.7 Å². The van der Waals surface area contributed by atoms with Gasteiger partial charge in [-0.15, -0.1) is 0 Å². The van der Waals surface area contributed by atoms with Gasteiger partial charge in [0.1, 0.15) is 0 Å². The average Bonchev–Trinajstić information content (AvgIpc) is 2.37. The van der Waals surface area contributed by atoms with Gasteiger partial charge in [-0.2, -0.15) is 0 Å². The van der Waals surface area contributed by atoms with Gasteiger partial charge < -0.3 is 15.7 Å². The van der Waals surface area contributed by atoms with Crippen molar-refractivity contribution in [1.29, 1.82) is 0 Å². The molecule has 4 heteroatoms. The third kappa shape index (κ3) is 5.05. The molecule has 0 fully saturated rings. The highest BCUT2D eigenvalue weighted by Crippen LogP contribution is 2.03. The summed E-state index contributed by atoms with van der Waals surface area (Å²) in [6.45, 7) is 0.542. The van der Waals surface area contributed by atoms with E-state index >= 15 is 0 Å². The van der Waals surface area contributed by atoms with E-state index in [9.17, 15) is 4.79 Å². The molecule has 0 bridgehead atoms. The lowest BCUT2D eigenvalue weighted by Gasteiger charge is -2.04. The molecule has 0 unspecified atom stereocenters. The molecule has 90 valence electrons. The molecule has 0 saturated heterocycles. The molecule has 2 amide bonds. The van der Waals surface area contributed by atoms with Crippen LogP contribution in [0.15, 0.2) is 24.3 Å². The third-order valence-corrected chi connectivity index (χ3v) is 2.08. The molecule has 0 saturated carbocycles. The fourth-order valence-electron chi connectivity index (χ4n) is 1.25. The summed E-state index contributed by atoms with van der Waals surface area (Å²) < 4.78 is 0. The molecular weight excluding hydrogens is 216 g/mol. The molecule has 0 aliphatic rings. The van der Waals surface area contributed by atoms with Crippen LogP contribution in [0.1, 0.15) is 17.5 Å². The van der Waals surface area contributed by atoms with Crippen LogP contribution in [0.25, 0.3) is 0 Å². The fraction of sp³-hybridized carbons (Fsp3) is 0.308. The average molecular weight is 232 g/mol. The Labute approximate surface area is 101 Å². The van der Waals surface area contributed by atoms with Crippen LogP contribution in [0.2, 0.25) is 0 Å². The predicted molar refractivity (Wildman–Crippen MR) is 66.3 cm³/mol. The number of benzene rings is 1. The predicted octanol–water partition coefficient (Wildman–Crippen LogP) is 0.849. The first-order valence-electron chi connectivity index (χ1n) is 5.40. The van der Waals surface area contributed by atoms with Gasteiger partial charge in [0.05, 0.1) is 6.61 Å². The van der Waals surface area contributed by atoms with Gasteiger partial charge in [-0.1, -0.05) is 24.0 Å². The number of aliphatic hydroxyl groups is 1. The first-order chi connectivity index (χ1) is 8.26. The van der Waals surface area contributed by atoms with Gasteiger partial charge in [0, 0.05) is 25.6 Å². The Morgan fingerprint density at radius 1 is 1.47 bits per heavy atom. The first-order valence-corrected chi connectivity index (χ1v) is 5.40. The number of urea groups is 1. The molecule has 0 atom stereocenters. The van der Waals surface area contributed by atoms with Crippen LogP contribution in [-0.4, -0.2) is 24.8 Å². The van der Waals surface area contributed by atoms with Crippen LogP contribution in [0.4, 0.5) is 4.79 Å². The van der Waals surface area contributed by atoms with E-state index in [1.165, 1.54) is 0 Å². The number of amides is 2. The van der Waals surface area contributed by atoms with Gasteiger partial charge in [0.15, 0.2) is 0 Å². The van der Waals surface area contributed by atoms with Crippen LogP contribution in [0.5, 0.6) is 0 Å². The van der Waals surface area contributed by atoms with Crippen molar-refractivity contribution in [3.8, 4) is 11.8 Å². The van der Waals surface area contributed by atoms with Crippen molar-refractivity contribution in [1.82, 2.24) is 10.6 Å². The van der Waals surface area contributed by atoms with Crippen LogP contribution in [0.3, 0.4) is 0 Å². The minimum absolute atomic E-state index is 0.0743. The molecule has 0 aromatic heterocycles. The molecule has 4 nitrogen and oxygen atoms in total. The highest BCUT2D eigenvalue weighted by Gasteiger charge is 1.97. The molecule has 1 aromatic rings. The topological polar surface area (TPSA) is 61.4 Å². The largest absolute Gasteiger partial charge is 0.395 e. The number of carbonyl (C=O) groups excluding carboxylic acids is 1. The lowest BCUT2D eigenvalue weighted by atomic mass is 10.1. The molecule has 1 aromatic carbocycles. The second-order valence-corrected chi connectivity index (χ2v) is 3.41. The number of carbonyl (C=O) groups is 1. The quantitative estimate of drug-likeness (QED) is 0.677. The van der Waals surface area contributed by atoms with Gasteiger partial charge >= 0.3 is 6.03 Å². The van der Waals surface area contributed by atoms with E-state index in [0.717, 1.165) is 11.1 Å². The molecule has 0 aliphatic heterocycles. The monoisotopic (exact) mass is 232 g/mol. The van der Waals surface area contributed by atoms with Crippen molar-refractivity contribution in [2.45, 2.75) is 13.0 Å². The standard InChI is InChI=1S/C13H16N2O2/c1-14-13(17)15-10-12-7-4-6-11(9-12)5-2-3-8-16/h4,6-7,9,16H,3,8,10H2,1H3,(H2,14,15,17). The summed E-state index contributed by atoms with van der Waals surface area (Å²) in [6, 6.07) is 7.42. The van der Waals surface area contributed by atoms with Gasteiger partial charge in [-0.05, 0) is 17.7 Å². The second-order valence-electron chi connectivity index (χ2n) is 3.41. The van der Waals surface area contributed by atoms with E-state index in [2.05, 4.69) is 22.5 Å². The fourth-order valence-corrected chi connectivity index (χ4v) is 1.25. The summed E-state index contributed by atoms with van der Waals surface area (Å²) in [5.74, 6) is 5.80. The SMILES string of the molecule is CNC(=O)NCc1cccc(C#CCCO)c1. The van der Waals surface area contributed by atoms with E-state index < -0.39 is 0 Å². The van der Waals surface area contributed by atoms with Crippen LogP contribution < -0.4 is 10.6 Å². The molecule has 3 N–H and O–H groups in total. The minimum Gasteiger partial charge on any atom is -0.395 e. The Kier molecular flexibility index (Phi) is 5.62. The first kappa shape index (κ1) is 13.1. The molecule has 0 spiro atoms. The van der Waals surface area contributed by atoms with Gasteiger partial charge in [-0.25, -0.2) is 4.79 Å². The van der Waals surface area contributed by atoms with Crippen molar-refractivity contribution in [3.63, 3.8) is 0 Å². The zero-order valence-electron chi connectivity index (χ0n) is 9.79. The van der Waals surface area contributed by atoms with Gasteiger partial charge in [0.25, 0.3) is 0 Å². The van der Waals surface area contributed by atoms with Crippen LogP contribution in [-0.2, 0) is 6.54 Å². The van der Waals surface area contributed by atoms with Crippen molar-refractivity contribution >= 4 is 6.03 Å². The maximum absolute atomic E-state index is 11.0. The van der Waals surface area contributed by atoms with E-state index in [-0.39, 0.29) is 12.6 Å². The number of nitrogens with one attached hydrogen (secondary N) is 2. The van der Waals surface area contributed by atoms with Crippen molar-refractivity contribution < 1.29 is 9.90 Å². The van der Waals surface area contributed by atoms with E-state index in [1.54, 1.807) is 7.05 Å². The van der Waals surface area contributed by atoms with Crippen LogP contribution in [0, 0.1) is 11.8 Å². The molecule has 0 aliphatic carbocycles. The highest BCUT2D eigenvalue weighted by molar-refractivity contribution is 5.73. The Bertz CT molecular complexity index is 433. The van der Waals surface area contributed by atoms with Gasteiger partial charge in [0.2, 0.25) is 0 Å². The summed E-state index contributed by atoms with van der Waals surface area (Å²) in [5, 5.41) is 13.8. The Morgan fingerprint density at radius 3 is 3.00 bits per heavy atom. The number of hydrogen-bond donors (Lipinski definition) is 3. The van der Waals surface area contributed by atoms with E-state index in [0.29, 0.717) is 13.0 Å². The molecule has 17 heavy (non-hydrogen) atoms.